The maximum Gasteiger partial charge on any atom is 0.0621 e. The monoisotopic (exact) mass is 295 g/mol. The minimum atomic E-state index is 0.528. The van der Waals surface area contributed by atoms with E-state index in [2.05, 4.69) is 6.07 Å². The summed E-state index contributed by atoms with van der Waals surface area (Å²) in [5.74, 6) is 0. The first-order chi connectivity index (χ1) is 10.4. The summed E-state index contributed by atoms with van der Waals surface area (Å²) in [6, 6.07) is 2.20. The van der Waals surface area contributed by atoms with Crippen LogP contribution in [0.4, 0.5) is 0 Å². The molecule has 0 amide bonds. The summed E-state index contributed by atoms with van der Waals surface area (Å²) in [6.07, 6.45) is 16.0. The molecule has 3 nitrogen and oxygen atoms in total. The number of rotatable bonds is 13. The zero-order valence-electron chi connectivity index (χ0n) is 13.7. The highest BCUT2D eigenvalue weighted by atomic mass is 16.5. The Morgan fingerprint density at radius 1 is 0.905 bits per heavy atom. The lowest BCUT2D eigenvalue weighted by Gasteiger charge is -2.22. The molecule has 1 aliphatic heterocycles. The van der Waals surface area contributed by atoms with Gasteiger partial charge in [-0.15, -0.1) is 0 Å². The lowest BCUT2D eigenvalue weighted by Crippen LogP contribution is -2.18. The molecule has 1 aliphatic rings. The summed E-state index contributed by atoms with van der Waals surface area (Å²) < 4.78 is 11.4. The molecule has 0 bridgehead atoms. The second kappa shape index (κ2) is 14.4. The third kappa shape index (κ3) is 11.7. The van der Waals surface area contributed by atoms with Gasteiger partial charge in [-0.2, -0.15) is 5.26 Å². The van der Waals surface area contributed by atoms with Gasteiger partial charge in [0, 0.05) is 26.2 Å². The fraction of sp³-hybridized carbons (Fsp3) is 0.944. The predicted molar refractivity (Wildman–Crippen MR) is 86.2 cm³/mol. The summed E-state index contributed by atoms with van der Waals surface area (Å²) in [5.41, 5.74) is 0. The molecule has 1 saturated heterocycles. The van der Waals surface area contributed by atoms with Gasteiger partial charge in [0.1, 0.15) is 0 Å². The SMILES string of the molecule is N#CCCCCCCCCOCCCCC1CCCCO1. The van der Waals surface area contributed by atoms with E-state index in [-0.39, 0.29) is 0 Å². The molecule has 1 heterocycles. The van der Waals surface area contributed by atoms with Gasteiger partial charge in [-0.25, -0.2) is 0 Å². The van der Waals surface area contributed by atoms with Crippen LogP contribution in [0, 0.1) is 11.3 Å². The molecule has 1 atom stereocenters. The lowest BCUT2D eigenvalue weighted by molar-refractivity contribution is 0.00841. The van der Waals surface area contributed by atoms with E-state index in [1.807, 2.05) is 0 Å². The van der Waals surface area contributed by atoms with E-state index >= 15 is 0 Å². The van der Waals surface area contributed by atoms with Crippen LogP contribution in [0.2, 0.25) is 0 Å². The van der Waals surface area contributed by atoms with E-state index in [1.165, 1.54) is 70.6 Å². The fourth-order valence-corrected chi connectivity index (χ4v) is 2.83. The minimum Gasteiger partial charge on any atom is -0.381 e. The summed E-state index contributed by atoms with van der Waals surface area (Å²) in [7, 11) is 0. The van der Waals surface area contributed by atoms with Crippen LogP contribution in [-0.2, 0) is 9.47 Å². The van der Waals surface area contributed by atoms with E-state index in [0.717, 1.165) is 32.7 Å². The molecule has 0 radical (unpaired) electrons. The molecule has 0 aromatic carbocycles. The summed E-state index contributed by atoms with van der Waals surface area (Å²) >= 11 is 0. The highest BCUT2D eigenvalue weighted by molar-refractivity contribution is 4.67. The van der Waals surface area contributed by atoms with Crippen molar-refractivity contribution in [2.75, 3.05) is 19.8 Å². The number of unbranched alkanes of at least 4 members (excludes halogenated alkanes) is 7. The van der Waals surface area contributed by atoms with Crippen LogP contribution in [0.3, 0.4) is 0 Å². The normalized spacial score (nSPS) is 18.5. The molecular weight excluding hydrogens is 262 g/mol. The Morgan fingerprint density at radius 3 is 2.33 bits per heavy atom. The van der Waals surface area contributed by atoms with Crippen molar-refractivity contribution < 1.29 is 9.47 Å². The zero-order valence-corrected chi connectivity index (χ0v) is 13.7. The van der Waals surface area contributed by atoms with Gasteiger partial charge in [0.15, 0.2) is 0 Å². The van der Waals surface area contributed by atoms with Gasteiger partial charge < -0.3 is 9.47 Å². The van der Waals surface area contributed by atoms with Crippen molar-refractivity contribution in [2.45, 2.75) is 89.6 Å². The Labute approximate surface area is 131 Å². The maximum absolute atomic E-state index is 8.43. The number of hydrogen-bond donors (Lipinski definition) is 0. The van der Waals surface area contributed by atoms with E-state index in [0.29, 0.717) is 6.10 Å². The van der Waals surface area contributed by atoms with Gasteiger partial charge in [0.05, 0.1) is 12.2 Å². The Morgan fingerprint density at radius 2 is 1.62 bits per heavy atom. The largest absolute Gasteiger partial charge is 0.381 e. The van der Waals surface area contributed by atoms with Crippen LogP contribution in [0.1, 0.15) is 83.5 Å². The van der Waals surface area contributed by atoms with Crippen LogP contribution < -0.4 is 0 Å². The van der Waals surface area contributed by atoms with E-state index in [1.54, 1.807) is 0 Å². The molecule has 0 aromatic heterocycles. The third-order valence-electron chi connectivity index (χ3n) is 4.17. The molecule has 122 valence electrons. The quantitative estimate of drug-likeness (QED) is 0.449. The molecule has 3 heteroatoms. The van der Waals surface area contributed by atoms with Gasteiger partial charge >= 0.3 is 0 Å². The van der Waals surface area contributed by atoms with Crippen LogP contribution in [0.5, 0.6) is 0 Å². The smallest absolute Gasteiger partial charge is 0.0621 e. The number of ether oxygens (including phenoxy) is 2. The maximum atomic E-state index is 8.43. The van der Waals surface area contributed by atoms with Crippen LogP contribution >= 0.6 is 0 Å². The second-order valence-corrected chi connectivity index (χ2v) is 6.13. The molecule has 0 spiro atoms. The summed E-state index contributed by atoms with van der Waals surface area (Å²) in [4.78, 5) is 0. The molecule has 0 N–H and O–H groups in total. The van der Waals surface area contributed by atoms with E-state index in [4.69, 9.17) is 14.7 Å². The number of nitrogens with zero attached hydrogens (tertiary/aromatic N) is 1. The fourth-order valence-electron chi connectivity index (χ4n) is 2.83. The van der Waals surface area contributed by atoms with Crippen molar-refractivity contribution in [1.82, 2.24) is 0 Å². The van der Waals surface area contributed by atoms with Crippen molar-refractivity contribution in [3.8, 4) is 6.07 Å². The van der Waals surface area contributed by atoms with Gasteiger partial charge in [-0.1, -0.05) is 25.7 Å². The Bertz CT molecular complexity index is 256. The first-order valence-electron chi connectivity index (χ1n) is 9.00. The lowest BCUT2D eigenvalue weighted by atomic mass is 10.0. The van der Waals surface area contributed by atoms with Crippen molar-refractivity contribution in [2.24, 2.45) is 0 Å². The van der Waals surface area contributed by atoms with Crippen molar-refractivity contribution >= 4 is 0 Å². The Balaban J connectivity index is 1.70. The van der Waals surface area contributed by atoms with Crippen LogP contribution in [0.15, 0.2) is 0 Å². The number of hydrogen-bond acceptors (Lipinski definition) is 3. The second-order valence-electron chi connectivity index (χ2n) is 6.13. The minimum absolute atomic E-state index is 0.528. The Kier molecular flexibility index (Phi) is 12.6. The molecule has 1 unspecified atom stereocenters. The average Bonchev–Trinajstić information content (AvgIpc) is 2.53. The molecule has 0 aliphatic carbocycles. The van der Waals surface area contributed by atoms with E-state index in [9.17, 15) is 0 Å². The topological polar surface area (TPSA) is 42.2 Å². The highest BCUT2D eigenvalue weighted by Crippen LogP contribution is 2.17. The molecule has 0 aromatic rings. The van der Waals surface area contributed by atoms with E-state index < -0.39 is 0 Å². The first-order valence-corrected chi connectivity index (χ1v) is 9.00. The van der Waals surface area contributed by atoms with Gasteiger partial charge in [0.25, 0.3) is 0 Å². The molecule has 1 fully saturated rings. The van der Waals surface area contributed by atoms with Crippen LogP contribution in [0.25, 0.3) is 0 Å². The van der Waals surface area contributed by atoms with Gasteiger partial charge in [0.2, 0.25) is 0 Å². The summed E-state index contributed by atoms with van der Waals surface area (Å²) in [6.45, 7) is 2.80. The molecule has 21 heavy (non-hydrogen) atoms. The highest BCUT2D eigenvalue weighted by Gasteiger charge is 2.12. The number of nitriles is 1. The molecular formula is C18H33NO2. The summed E-state index contributed by atoms with van der Waals surface area (Å²) in [5, 5.41) is 8.43. The van der Waals surface area contributed by atoms with Crippen molar-refractivity contribution in [1.29, 1.82) is 5.26 Å². The van der Waals surface area contributed by atoms with Crippen molar-refractivity contribution in [3.63, 3.8) is 0 Å². The molecule has 0 saturated carbocycles. The van der Waals surface area contributed by atoms with Gasteiger partial charge in [-0.05, 0) is 51.4 Å². The predicted octanol–water partition coefficient (Wildman–Crippen LogP) is 5.00. The zero-order chi connectivity index (χ0) is 15.0. The van der Waals surface area contributed by atoms with Gasteiger partial charge in [-0.3, -0.25) is 0 Å². The third-order valence-corrected chi connectivity index (χ3v) is 4.17. The van der Waals surface area contributed by atoms with Crippen molar-refractivity contribution in [3.05, 3.63) is 0 Å². The molecule has 1 rings (SSSR count). The van der Waals surface area contributed by atoms with Crippen LogP contribution in [-0.4, -0.2) is 25.9 Å². The first kappa shape index (κ1) is 18.5. The standard InChI is InChI=1S/C18H33NO2/c19-14-8-4-2-1-3-5-9-15-20-16-10-6-12-18-13-7-11-17-21-18/h18H,1-13,15-17H2. The average molecular weight is 295 g/mol. The Hall–Kier alpha value is -0.590.